The Kier molecular flexibility index (Phi) is 5.27. The highest BCUT2D eigenvalue weighted by Gasteiger charge is 2.03. The highest BCUT2D eigenvalue weighted by atomic mass is 16.3. The van der Waals surface area contributed by atoms with Crippen LogP contribution in [0.15, 0.2) is 30.3 Å². The molecule has 0 aromatic heterocycles. The molecule has 1 atom stereocenters. The van der Waals surface area contributed by atoms with Gasteiger partial charge in [-0.3, -0.25) is 0 Å². The van der Waals surface area contributed by atoms with Crippen molar-refractivity contribution in [2.24, 2.45) is 0 Å². The van der Waals surface area contributed by atoms with E-state index in [-0.39, 0.29) is 6.61 Å². The summed E-state index contributed by atoms with van der Waals surface area (Å²) in [4.78, 5) is 0. The zero-order chi connectivity index (χ0) is 10.2. The summed E-state index contributed by atoms with van der Waals surface area (Å²) >= 11 is 0. The van der Waals surface area contributed by atoms with Crippen LogP contribution in [0.25, 0.3) is 0 Å². The summed E-state index contributed by atoms with van der Waals surface area (Å²) < 4.78 is 0. The van der Waals surface area contributed by atoms with Crippen molar-refractivity contribution in [3.63, 3.8) is 0 Å². The first-order valence-corrected chi connectivity index (χ1v) is 5.25. The highest BCUT2D eigenvalue weighted by molar-refractivity contribution is 5.14. The van der Waals surface area contributed by atoms with E-state index in [0.717, 1.165) is 19.4 Å². The van der Waals surface area contributed by atoms with Gasteiger partial charge in [-0.1, -0.05) is 37.3 Å². The van der Waals surface area contributed by atoms with Crippen molar-refractivity contribution in [1.29, 1.82) is 0 Å². The first-order chi connectivity index (χ1) is 6.86. The molecule has 0 amide bonds. The van der Waals surface area contributed by atoms with Crippen LogP contribution in [0.4, 0.5) is 0 Å². The molecule has 0 aliphatic heterocycles. The van der Waals surface area contributed by atoms with E-state index in [1.165, 1.54) is 5.56 Å². The van der Waals surface area contributed by atoms with Crippen LogP contribution >= 0.6 is 0 Å². The lowest BCUT2D eigenvalue weighted by Crippen LogP contribution is -2.28. The van der Waals surface area contributed by atoms with Crippen LogP contribution in [-0.2, 0) is 6.54 Å². The van der Waals surface area contributed by atoms with Gasteiger partial charge < -0.3 is 10.4 Å². The van der Waals surface area contributed by atoms with Crippen LogP contribution in [0, 0.1) is 0 Å². The number of hydrogen-bond donors (Lipinski definition) is 2. The number of rotatable bonds is 6. The Balaban J connectivity index is 2.32. The Morgan fingerprint density at radius 1 is 1.29 bits per heavy atom. The standard InChI is InChI=1S/C12H19NO/c1-2-12(8-9-14)13-10-11-6-4-3-5-7-11/h3-7,12-14H,2,8-10H2,1H3/t12-/m1/s1. The summed E-state index contributed by atoms with van der Waals surface area (Å²) in [5, 5.41) is 12.3. The van der Waals surface area contributed by atoms with Gasteiger partial charge in [0, 0.05) is 19.2 Å². The first kappa shape index (κ1) is 11.2. The van der Waals surface area contributed by atoms with Gasteiger partial charge in [-0.05, 0) is 18.4 Å². The highest BCUT2D eigenvalue weighted by Crippen LogP contribution is 2.01. The van der Waals surface area contributed by atoms with E-state index in [1.54, 1.807) is 0 Å². The second-order valence-electron chi connectivity index (χ2n) is 3.48. The molecule has 14 heavy (non-hydrogen) atoms. The molecule has 0 fully saturated rings. The fourth-order valence-electron chi connectivity index (χ4n) is 1.46. The maximum absolute atomic E-state index is 8.82. The van der Waals surface area contributed by atoms with E-state index in [4.69, 9.17) is 5.11 Å². The summed E-state index contributed by atoms with van der Waals surface area (Å²) in [5.41, 5.74) is 1.30. The molecule has 0 radical (unpaired) electrons. The predicted octanol–water partition coefficient (Wildman–Crippen LogP) is 1.94. The Morgan fingerprint density at radius 2 is 2.00 bits per heavy atom. The van der Waals surface area contributed by atoms with E-state index in [0.29, 0.717) is 6.04 Å². The van der Waals surface area contributed by atoms with Crippen molar-refractivity contribution < 1.29 is 5.11 Å². The molecule has 1 aromatic carbocycles. The number of nitrogens with one attached hydrogen (secondary N) is 1. The van der Waals surface area contributed by atoms with Crippen molar-refractivity contribution in [1.82, 2.24) is 5.32 Å². The fraction of sp³-hybridized carbons (Fsp3) is 0.500. The molecule has 2 nitrogen and oxygen atoms in total. The monoisotopic (exact) mass is 193 g/mol. The molecule has 1 rings (SSSR count). The van der Waals surface area contributed by atoms with E-state index in [9.17, 15) is 0 Å². The number of hydrogen-bond acceptors (Lipinski definition) is 2. The molecule has 78 valence electrons. The minimum Gasteiger partial charge on any atom is -0.396 e. The lowest BCUT2D eigenvalue weighted by Gasteiger charge is -2.15. The van der Waals surface area contributed by atoms with Gasteiger partial charge in [0.15, 0.2) is 0 Å². The van der Waals surface area contributed by atoms with Crippen molar-refractivity contribution >= 4 is 0 Å². The quantitative estimate of drug-likeness (QED) is 0.723. The first-order valence-electron chi connectivity index (χ1n) is 5.25. The maximum atomic E-state index is 8.82. The van der Waals surface area contributed by atoms with Crippen molar-refractivity contribution in [3.8, 4) is 0 Å². The average Bonchev–Trinajstić information content (AvgIpc) is 2.25. The zero-order valence-corrected chi connectivity index (χ0v) is 8.74. The van der Waals surface area contributed by atoms with Crippen LogP contribution < -0.4 is 5.32 Å². The molecule has 0 unspecified atom stereocenters. The Hall–Kier alpha value is -0.860. The minimum absolute atomic E-state index is 0.264. The Morgan fingerprint density at radius 3 is 2.57 bits per heavy atom. The van der Waals surface area contributed by atoms with E-state index in [1.807, 2.05) is 18.2 Å². The molecule has 0 heterocycles. The summed E-state index contributed by atoms with van der Waals surface area (Å²) in [6.45, 7) is 3.29. The number of benzene rings is 1. The molecule has 0 spiro atoms. The second-order valence-corrected chi connectivity index (χ2v) is 3.48. The van der Waals surface area contributed by atoms with E-state index >= 15 is 0 Å². The number of aliphatic hydroxyl groups is 1. The number of aliphatic hydroxyl groups excluding tert-OH is 1. The summed E-state index contributed by atoms with van der Waals surface area (Å²) in [7, 11) is 0. The molecular formula is C12H19NO. The molecule has 0 bridgehead atoms. The Bertz CT molecular complexity index is 235. The largest absolute Gasteiger partial charge is 0.396 e. The lowest BCUT2D eigenvalue weighted by molar-refractivity contribution is 0.262. The SMILES string of the molecule is CC[C@H](CCO)NCc1ccccc1. The van der Waals surface area contributed by atoms with Crippen LogP contribution in [0.1, 0.15) is 25.3 Å². The third kappa shape index (κ3) is 3.90. The van der Waals surface area contributed by atoms with Gasteiger partial charge in [0.25, 0.3) is 0 Å². The normalized spacial score (nSPS) is 12.7. The molecule has 1 aromatic rings. The van der Waals surface area contributed by atoms with Gasteiger partial charge in [-0.15, -0.1) is 0 Å². The fourth-order valence-corrected chi connectivity index (χ4v) is 1.46. The smallest absolute Gasteiger partial charge is 0.0445 e. The average molecular weight is 193 g/mol. The third-order valence-corrected chi connectivity index (χ3v) is 2.41. The van der Waals surface area contributed by atoms with E-state index < -0.39 is 0 Å². The topological polar surface area (TPSA) is 32.3 Å². The van der Waals surface area contributed by atoms with Gasteiger partial charge in [0.1, 0.15) is 0 Å². The summed E-state index contributed by atoms with van der Waals surface area (Å²) in [6, 6.07) is 10.8. The van der Waals surface area contributed by atoms with Crippen molar-refractivity contribution in [2.75, 3.05) is 6.61 Å². The van der Waals surface area contributed by atoms with Crippen LogP contribution in [0.5, 0.6) is 0 Å². The van der Waals surface area contributed by atoms with Crippen LogP contribution in [0.2, 0.25) is 0 Å². The molecule has 0 aliphatic carbocycles. The maximum Gasteiger partial charge on any atom is 0.0445 e. The summed E-state index contributed by atoms with van der Waals surface area (Å²) in [5.74, 6) is 0. The third-order valence-electron chi connectivity index (χ3n) is 2.41. The van der Waals surface area contributed by atoms with Gasteiger partial charge in [0.05, 0.1) is 0 Å². The molecule has 0 saturated carbocycles. The molecule has 0 saturated heterocycles. The molecule has 0 aliphatic rings. The van der Waals surface area contributed by atoms with Crippen molar-refractivity contribution in [2.45, 2.75) is 32.4 Å². The van der Waals surface area contributed by atoms with Crippen molar-refractivity contribution in [3.05, 3.63) is 35.9 Å². The predicted molar refractivity (Wildman–Crippen MR) is 59.1 cm³/mol. The zero-order valence-electron chi connectivity index (χ0n) is 8.74. The van der Waals surface area contributed by atoms with Crippen LogP contribution in [0.3, 0.4) is 0 Å². The Labute approximate surface area is 86.0 Å². The van der Waals surface area contributed by atoms with Crippen LogP contribution in [-0.4, -0.2) is 17.8 Å². The van der Waals surface area contributed by atoms with Gasteiger partial charge in [-0.2, -0.15) is 0 Å². The van der Waals surface area contributed by atoms with E-state index in [2.05, 4.69) is 24.4 Å². The minimum atomic E-state index is 0.264. The second kappa shape index (κ2) is 6.57. The molecule has 2 heteroatoms. The summed E-state index contributed by atoms with van der Waals surface area (Å²) in [6.07, 6.45) is 1.90. The molecule has 2 N–H and O–H groups in total. The van der Waals surface area contributed by atoms with Gasteiger partial charge in [-0.25, -0.2) is 0 Å². The molecular weight excluding hydrogens is 174 g/mol. The lowest BCUT2D eigenvalue weighted by atomic mass is 10.1. The van der Waals surface area contributed by atoms with Gasteiger partial charge >= 0.3 is 0 Å². The van der Waals surface area contributed by atoms with Gasteiger partial charge in [0.2, 0.25) is 0 Å².